The van der Waals surface area contributed by atoms with Crippen molar-refractivity contribution in [2.75, 3.05) is 0 Å². The third kappa shape index (κ3) is 4.64. The van der Waals surface area contributed by atoms with Crippen LogP contribution < -0.4 is 4.74 Å². The van der Waals surface area contributed by atoms with Crippen LogP contribution in [0.2, 0.25) is 0 Å². The lowest BCUT2D eigenvalue weighted by molar-refractivity contribution is -0.274. The second kappa shape index (κ2) is 5.57. The molecule has 5 nitrogen and oxygen atoms in total. The zero-order valence-corrected chi connectivity index (χ0v) is 11.8. The van der Waals surface area contributed by atoms with Gasteiger partial charge >= 0.3 is 6.36 Å². The molecule has 2 aromatic rings. The van der Waals surface area contributed by atoms with E-state index >= 15 is 0 Å². The van der Waals surface area contributed by atoms with Gasteiger partial charge in [0.15, 0.2) is 0 Å². The smallest absolute Gasteiger partial charge is 0.406 e. The van der Waals surface area contributed by atoms with Gasteiger partial charge in [-0.05, 0) is 17.7 Å². The molecule has 2 rings (SSSR count). The Labute approximate surface area is 122 Å². The van der Waals surface area contributed by atoms with E-state index in [9.17, 15) is 21.6 Å². The van der Waals surface area contributed by atoms with Gasteiger partial charge in [-0.1, -0.05) is 12.1 Å². The molecule has 1 heterocycles. The Hall–Kier alpha value is -1.74. The molecule has 0 saturated carbocycles. The fourth-order valence-electron chi connectivity index (χ4n) is 1.54. The predicted octanol–water partition coefficient (Wildman–Crippen LogP) is 2.76. The summed E-state index contributed by atoms with van der Waals surface area (Å²) in [6, 6.07) is 5.15. The lowest BCUT2D eigenvalue weighted by Gasteiger charge is -2.09. The molecule has 0 N–H and O–H groups in total. The van der Waals surface area contributed by atoms with Crippen LogP contribution in [0.4, 0.5) is 13.2 Å². The minimum Gasteiger partial charge on any atom is -0.406 e. The lowest BCUT2D eigenvalue weighted by Crippen LogP contribution is -2.17. The largest absolute Gasteiger partial charge is 0.573 e. The molecule has 0 aliphatic rings. The second-order valence-electron chi connectivity index (χ2n) is 4.00. The van der Waals surface area contributed by atoms with Gasteiger partial charge in [-0.3, -0.25) is 4.68 Å². The number of benzene rings is 1. The highest BCUT2D eigenvalue weighted by molar-refractivity contribution is 8.13. The van der Waals surface area contributed by atoms with Gasteiger partial charge < -0.3 is 4.74 Å². The topological polar surface area (TPSA) is 61.2 Å². The van der Waals surface area contributed by atoms with Gasteiger partial charge in [0.25, 0.3) is 9.05 Å². The van der Waals surface area contributed by atoms with Crippen LogP contribution in [0, 0.1) is 0 Å². The van der Waals surface area contributed by atoms with Crippen molar-refractivity contribution in [3.8, 4) is 5.75 Å². The van der Waals surface area contributed by atoms with Crippen LogP contribution in [0.5, 0.6) is 5.75 Å². The van der Waals surface area contributed by atoms with E-state index in [0.29, 0.717) is 5.56 Å². The Morgan fingerprint density at radius 1 is 1.24 bits per heavy atom. The normalized spacial score (nSPS) is 12.4. The first kappa shape index (κ1) is 15.6. The first-order valence-electron chi connectivity index (χ1n) is 5.45. The molecule has 1 aromatic carbocycles. The Morgan fingerprint density at radius 3 is 2.33 bits per heavy atom. The van der Waals surface area contributed by atoms with E-state index in [1.54, 1.807) is 0 Å². The van der Waals surface area contributed by atoms with Crippen LogP contribution in [-0.4, -0.2) is 24.6 Å². The van der Waals surface area contributed by atoms with Gasteiger partial charge in [-0.25, -0.2) is 8.42 Å². The summed E-state index contributed by atoms with van der Waals surface area (Å²) in [6.07, 6.45) is -2.43. The van der Waals surface area contributed by atoms with Crippen LogP contribution >= 0.6 is 10.7 Å². The van der Waals surface area contributed by atoms with Gasteiger partial charge in [0.2, 0.25) is 0 Å². The van der Waals surface area contributed by atoms with Crippen molar-refractivity contribution in [2.24, 2.45) is 0 Å². The van der Waals surface area contributed by atoms with E-state index in [1.165, 1.54) is 23.0 Å². The molecule has 0 spiro atoms. The van der Waals surface area contributed by atoms with Crippen molar-refractivity contribution >= 4 is 19.7 Å². The molecule has 0 aliphatic carbocycles. The van der Waals surface area contributed by atoms with Crippen molar-refractivity contribution in [3.05, 3.63) is 42.2 Å². The number of ether oxygens (including phenoxy) is 1. The van der Waals surface area contributed by atoms with Crippen molar-refractivity contribution in [2.45, 2.75) is 17.8 Å². The van der Waals surface area contributed by atoms with Crippen molar-refractivity contribution in [3.63, 3.8) is 0 Å². The molecule has 0 unspecified atom stereocenters. The number of rotatable bonds is 4. The van der Waals surface area contributed by atoms with Crippen LogP contribution in [0.1, 0.15) is 5.56 Å². The summed E-state index contributed by atoms with van der Waals surface area (Å²) in [5.41, 5.74) is 0.617. The molecular weight excluding hydrogens is 333 g/mol. The van der Waals surface area contributed by atoms with Gasteiger partial charge in [-0.2, -0.15) is 5.10 Å². The summed E-state index contributed by atoms with van der Waals surface area (Å²) >= 11 is 0. The number of hydrogen-bond acceptors (Lipinski definition) is 4. The SMILES string of the molecule is O=S(=O)(Cl)c1cnn(Cc2ccc(OC(F)(F)F)cc2)c1. The molecule has 0 aliphatic heterocycles. The molecule has 21 heavy (non-hydrogen) atoms. The first-order chi connectivity index (χ1) is 9.63. The monoisotopic (exact) mass is 340 g/mol. The minimum atomic E-state index is -4.74. The number of halogens is 4. The Kier molecular flexibility index (Phi) is 4.15. The maximum Gasteiger partial charge on any atom is 0.573 e. The van der Waals surface area contributed by atoms with Crippen LogP contribution in [-0.2, 0) is 15.6 Å². The number of alkyl halides is 3. The summed E-state index contributed by atoms with van der Waals surface area (Å²) in [7, 11) is 1.30. The fraction of sp³-hybridized carbons (Fsp3) is 0.182. The van der Waals surface area contributed by atoms with Crippen molar-refractivity contribution in [1.82, 2.24) is 9.78 Å². The highest BCUT2D eigenvalue weighted by atomic mass is 35.7. The lowest BCUT2D eigenvalue weighted by atomic mass is 10.2. The Morgan fingerprint density at radius 2 is 1.86 bits per heavy atom. The molecule has 10 heteroatoms. The first-order valence-corrected chi connectivity index (χ1v) is 7.76. The molecule has 1 aromatic heterocycles. The van der Waals surface area contributed by atoms with E-state index in [0.717, 1.165) is 18.3 Å². The van der Waals surface area contributed by atoms with Gasteiger partial charge in [0.1, 0.15) is 10.6 Å². The zero-order valence-electron chi connectivity index (χ0n) is 10.2. The Balaban J connectivity index is 2.09. The number of hydrogen-bond donors (Lipinski definition) is 0. The average molecular weight is 341 g/mol. The average Bonchev–Trinajstić information content (AvgIpc) is 2.78. The maximum absolute atomic E-state index is 12.0. The third-order valence-electron chi connectivity index (χ3n) is 2.39. The van der Waals surface area contributed by atoms with Gasteiger partial charge in [0.05, 0.1) is 12.7 Å². The summed E-state index contributed by atoms with van der Waals surface area (Å²) in [4.78, 5) is -0.152. The van der Waals surface area contributed by atoms with Gasteiger partial charge in [0, 0.05) is 16.9 Å². The summed E-state index contributed by atoms with van der Waals surface area (Å²) in [5, 5.41) is 3.80. The zero-order chi connectivity index (χ0) is 15.7. The van der Waals surface area contributed by atoms with E-state index in [2.05, 4.69) is 9.84 Å². The van der Waals surface area contributed by atoms with Crippen LogP contribution in [0.25, 0.3) is 0 Å². The van der Waals surface area contributed by atoms with Gasteiger partial charge in [-0.15, -0.1) is 13.2 Å². The number of aromatic nitrogens is 2. The third-order valence-corrected chi connectivity index (χ3v) is 3.70. The van der Waals surface area contributed by atoms with Crippen LogP contribution in [0.15, 0.2) is 41.6 Å². The standard InChI is InChI=1S/C11H8ClF3N2O3S/c12-21(18,19)10-5-16-17(7-10)6-8-1-3-9(4-2-8)20-11(13,14)15/h1-5,7H,6H2. The molecule has 0 amide bonds. The van der Waals surface area contributed by atoms with E-state index < -0.39 is 15.4 Å². The van der Waals surface area contributed by atoms with Crippen molar-refractivity contribution < 1.29 is 26.3 Å². The molecule has 0 atom stereocenters. The molecular formula is C11H8ClF3N2O3S. The summed E-state index contributed by atoms with van der Waals surface area (Å²) in [6.45, 7) is 0.179. The van der Waals surface area contributed by atoms with E-state index in [-0.39, 0.29) is 17.2 Å². The highest BCUT2D eigenvalue weighted by Crippen LogP contribution is 2.23. The quantitative estimate of drug-likeness (QED) is 0.803. The van der Waals surface area contributed by atoms with E-state index in [4.69, 9.17) is 10.7 Å². The predicted molar refractivity (Wildman–Crippen MR) is 67.5 cm³/mol. The summed E-state index contributed by atoms with van der Waals surface area (Å²) in [5.74, 6) is -0.337. The van der Waals surface area contributed by atoms with Crippen LogP contribution in [0.3, 0.4) is 0 Å². The molecule has 114 valence electrons. The molecule has 0 bridgehead atoms. The summed E-state index contributed by atoms with van der Waals surface area (Å²) < 4.78 is 63.2. The number of nitrogens with zero attached hydrogens (tertiary/aromatic N) is 2. The highest BCUT2D eigenvalue weighted by Gasteiger charge is 2.30. The molecule has 0 saturated heterocycles. The fourth-order valence-corrected chi connectivity index (χ4v) is 2.20. The Bertz CT molecular complexity index is 726. The molecule has 0 fully saturated rings. The molecule has 0 radical (unpaired) electrons. The van der Waals surface area contributed by atoms with Crippen molar-refractivity contribution in [1.29, 1.82) is 0 Å². The van der Waals surface area contributed by atoms with E-state index in [1.807, 2.05) is 0 Å². The second-order valence-corrected chi connectivity index (χ2v) is 6.57. The minimum absolute atomic E-state index is 0.152. The maximum atomic E-state index is 12.0.